The smallest absolute Gasteiger partial charge is 0.265 e. The average molecular weight is 401 g/mol. The van der Waals surface area contributed by atoms with Crippen LogP contribution in [0.1, 0.15) is 49.9 Å². The minimum absolute atomic E-state index is 0.129. The number of likely N-dealkylation sites (N-methyl/N-ethyl adjacent to an activating group) is 1. The van der Waals surface area contributed by atoms with Gasteiger partial charge in [-0.1, -0.05) is 30.6 Å². The highest BCUT2D eigenvalue weighted by molar-refractivity contribution is 5.94. The first-order valence-electron chi connectivity index (χ1n) is 9.79. The Hall–Kier alpha value is -2.87. The maximum atomic E-state index is 13.0. The van der Waals surface area contributed by atoms with E-state index in [0.29, 0.717) is 12.4 Å². The maximum Gasteiger partial charge on any atom is 0.265 e. The third-order valence-corrected chi connectivity index (χ3v) is 5.57. The van der Waals surface area contributed by atoms with Gasteiger partial charge in [-0.15, -0.1) is 0 Å². The number of nitrogens with zero attached hydrogens (tertiary/aromatic N) is 2. The molecule has 8 nitrogen and oxygen atoms in total. The van der Waals surface area contributed by atoms with Crippen molar-refractivity contribution in [2.24, 2.45) is 0 Å². The molecule has 1 atom stereocenters. The van der Waals surface area contributed by atoms with E-state index in [1.54, 1.807) is 25.7 Å². The third kappa shape index (κ3) is 4.27. The van der Waals surface area contributed by atoms with Gasteiger partial charge in [0.25, 0.3) is 5.91 Å². The Morgan fingerprint density at radius 2 is 2.03 bits per heavy atom. The SMILES string of the molecule is CCCc1nocc1COc1ccc(C2(C(=O)N(C)[C@@H](C)C(=O)NO)CC2)cc1. The van der Waals surface area contributed by atoms with Crippen molar-refractivity contribution in [3.8, 4) is 5.75 Å². The van der Waals surface area contributed by atoms with Gasteiger partial charge in [-0.25, -0.2) is 5.48 Å². The number of aromatic nitrogens is 1. The predicted molar refractivity (Wildman–Crippen MR) is 104 cm³/mol. The molecule has 1 aromatic heterocycles. The molecule has 1 fully saturated rings. The molecular weight excluding hydrogens is 374 g/mol. The molecule has 2 N–H and O–H groups in total. The van der Waals surface area contributed by atoms with Crippen LogP contribution in [0.3, 0.4) is 0 Å². The zero-order valence-corrected chi connectivity index (χ0v) is 17.0. The Balaban J connectivity index is 1.65. The second-order valence-electron chi connectivity index (χ2n) is 7.50. The summed E-state index contributed by atoms with van der Waals surface area (Å²) < 4.78 is 10.9. The van der Waals surface area contributed by atoms with Crippen LogP contribution in [-0.2, 0) is 28.0 Å². The molecule has 0 bridgehead atoms. The van der Waals surface area contributed by atoms with E-state index in [9.17, 15) is 9.59 Å². The first-order chi connectivity index (χ1) is 13.9. The number of nitrogens with one attached hydrogen (secondary N) is 1. The van der Waals surface area contributed by atoms with Gasteiger partial charge in [0.2, 0.25) is 5.91 Å². The number of aryl methyl sites for hydroxylation is 1. The fraction of sp³-hybridized carbons (Fsp3) is 0.476. The summed E-state index contributed by atoms with van der Waals surface area (Å²) >= 11 is 0. The Labute approximate surface area is 169 Å². The monoisotopic (exact) mass is 401 g/mol. The maximum absolute atomic E-state index is 13.0. The molecule has 2 amide bonds. The molecule has 1 aromatic carbocycles. The Kier molecular flexibility index (Phi) is 6.22. The molecule has 0 radical (unpaired) electrons. The number of carbonyl (C=O) groups is 2. The van der Waals surface area contributed by atoms with Crippen LogP contribution < -0.4 is 10.2 Å². The van der Waals surface area contributed by atoms with Crippen molar-refractivity contribution in [3.05, 3.63) is 47.3 Å². The molecule has 3 rings (SSSR count). The van der Waals surface area contributed by atoms with Crippen molar-refractivity contribution in [2.45, 2.75) is 57.6 Å². The number of hydrogen-bond acceptors (Lipinski definition) is 6. The van der Waals surface area contributed by atoms with Crippen LogP contribution in [0.4, 0.5) is 0 Å². The highest BCUT2D eigenvalue weighted by atomic mass is 16.5. The summed E-state index contributed by atoms with van der Waals surface area (Å²) in [4.78, 5) is 26.0. The quantitative estimate of drug-likeness (QED) is 0.494. The van der Waals surface area contributed by atoms with Crippen LogP contribution in [0.15, 0.2) is 35.1 Å². The zero-order chi connectivity index (χ0) is 21.0. The van der Waals surface area contributed by atoms with Gasteiger partial charge in [0.05, 0.1) is 16.7 Å². The van der Waals surface area contributed by atoms with Gasteiger partial charge in [0, 0.05) is 7.05 Å². The summed E-state index contributed by atoms with van der Waals surface area (Å²) in [7, 11) is 1.58. The highest BCUT2D eigenvalue weighted by Crippen LogP contribution is 2.50. The number of benzene rings is 1. The summed E-state index contributed by atoms with van der Waals surface area (Å²) in [6, 6.07) is 6.73. The van der Waals surface area contributed by atoms with E-state index in [2.05, 4.69) is 12.1 Å². The second-order valence-corrected chi connectivity index (χ2v) is 7.50. The van der Waals surface area contributed by atoms with E-state index in [0.717, 1.165) is 42.5 Å². The molecule has 8 heteroatoms. The van der Waals surface area contributed by atoms with Gasteiger partial charge in [0.15, 0.2) is 0 Å². The van der Waals surface area contributed by atoms with E-state index in [1.807, 2.05) is 24.3 Å². The summed E-state index contributed by atoms with van der Waals surface area (Å²) in [5.41, 5.74) is 3.73. The summed E-state index contributed by atoms with van der Waals surface area (Å²) in [5, 5.41) is 12.8. The Morgan fingerprint density at radius 3 is 2.62 bits per heavy atom. The molecule has 0 saturated heterocycles. The second kappa shape index (κ2) is 8.65. The van der Waals surface area contributed by atoms with Crippen molar-refractivity contribution in [2.75, 3.05) is 7.05 Å². The fourth-order valence-electron chi connectivity index (χ4n) is 3.41. The number of amides is 2. The molecule has 1 saturated carbocycles. The normalized spacial score (nSPS) is 15.4. The summed E-state index contributed by atoms with van der Waals surface area (Å²) in [6.07, 6.45) is 4.89. The van der Waals surface area contributed by atoms with Gasteiger partial charge < -0.3 is 14.2 Å². The molecule has 1 aliphatic carbocycles. The van der Waals surface area contributed by atoms with E-state index < -0.39 is 17.4 Å². The molecule has 0 spiro atoms. The van der Waals surface area contributed by atoms with E-state index in [4.69, 9.17) is 14.5 Å². The van der Waals surface area contributed by atoms with Gasteiger partial charge >= 0.3 is 0 Å². The van der Waals surface area contributed by atoms with Crippen LogP contribution in [-0.4, -0.2) is 40.2 Å². The van der Waals surface area contributed by atoms with E-state index in [-0.39, 0.29) is 5.91 Å². The average Bonchev–Trinajstić information content (AvgIpc) is 3.44. The zero-order valence-electron chi connectivity index (χ0n) is 17.0. The number of hydrogen-bond donors (Lipinski definition) is 2. The molecular formula is C21H27N3O5. The summed E-state index contributed by atoms with van der Waals surface area (Å²) in [6.45, 7) is 4.04. The fourth-order valence-corrected chi connectivity index (χ4v) is 3.41. The highest BCUT2D eigenvalue weighted by Gasteiger charge is 2.53. The van der Waals surface area contributed by atoms with Crippen LogP contribution >= 0.6 is 0 Å². The van der Waals surface area contributed by atoms with Crippen LogP contribution in [0.2, 0.25) is 0 Å². The van der Waals surface area contributed by atoms with E-state index >= 15 is 0 Å². The molecule has 2 aromatic rings. The first kappa shape index (κ1) is 20.9. The van der Waals surface area contributed by atoms with Gasteiger partial charge in [-0.3, -0.25) is 14.8 Å². The van der Waals surface area contributed by atoms with Crippen molar-refractivity contribution >= 4 is 11.8 Å². The minimum Gasteiger partial charge on any atom is -0.489 e. The standard InChI is InChI=1S/C21H27N3O5/c1-4-5-18-15(13-29-23-18)12-28-17-8-6-16(7-9-17)21(10-11-21)20(26)24(3)14(2)19(25)22-27/h6-9,13-14,27H,4-5,10-12H2,1-3H3,(H,22,25)/t14-/m0/s1. The lowest BCUT2D eigenvalue weighted by Crippen LogP contribution is -2.48. The van der Waals surface area contributed by atoms with Crippen LogP contribution in [0.25, 0.3) is 0 Å². The van der Waals surface area contributed by atoms with Crippen molar-refractivity contribution < 1.29 is 24.1 Å². The molecule has 0 aliphatic heterocycles. The lowest BCUT2D eigenvalue weighted by molar-refractivity contribution is -0.143. The summed E-state index contributed by atoms with van der Waals surface area (Å²) in [5.74, 6) is -0.0467. The molecule has 156 valence electrons. The van der Waals surface area contributed by atoms with Crippen molar-refractivity contribution in [3.63, 3.8) is 0 Å². The van der Waals surface area contributed by atoms with Gasteiger partial charge in [-0.05, 0) is 43.9 Å². The van der Waals surface area contributed by atoms with Crippen molar-refractivity contribution in [1.82, 2.24) is 15.5 Å². The molecule has 0 unspecified atom stereocenters. The largest absolute Gasteiger partial charge is 0.489 e. The van der Waals surface area contributed by atoms with Crippen LogP contribution in [0.5, 0.6) is 5.75 Å². The minimum atomic E-state index is -0.756. The van der Waals surface area contributed by atoms with E-state index in [1.165, 1.54) is 4.90 Å². The number of carbonyl (C=O) groups excluding carboxylic acids is 2. The third-order valence-electron chi connectivity index (χ3n) is 5.57. The molecule has 1 aliphatic rings. The Bertz CT molecular complexity index is 857. The predicted octanol–water partition coefficient (Wildman–Crippen LogP) is 2.59. The lowest BCUT2D eigenvalue weighted by atomic mass is 9.94. The van der Waals surface area contributed by atoms with Gasteiger partial charge in [0.1, 0.15) is 24.7 Å². The van der Waals surface area contributed by atoms with Crippen LogP contribution in [0, 0.1) is 0 Å². The number of ether oxygens (including phenoxy) is 1. The van der Waals surface area contributed by atoms with Gasteiger partial charge in [-0.2, -0.15) is 0 Å². The molecule has 29 heavy (non-hydrogen) atoms. The number of hydroxylamine groups is 1. The Morgan fingerprint density at radius 1 is 1.34 bits per heavy atom. The lowest BCUT2D eigenvalue weighted by Gasteiger charge is -2.28. The van der Waals surface area contributed by atoms with Crippen molar-refractivity contribution in [1.29, 1.82) is 0 Å². The first-order valence-corrected chi connectivity index (χ1v) is 9.79. The molecule has 1 heterocycles. The number of rotatable bonds is 9. The topological polar surface area (TPSA) is 105 Å².